The summed E-state index contributed by atoms with van der Waals surface area (Å²) < 4.78 is 0. The number of nitrogen functional groups attached to an aromatic ring is 1. The molecule has 1 aliphatic rings. The number of aromatic nitrogens is 3. The van der Waals surface area contributed by atoms with Gasteiger partial charge in [0.25, 0.3) is 0 Å². The predicted octanol–water partition coefficient (Wildman–Crippen LogP) is 2.99. The van der Waals surface area contributed by atoms with E-state index in [0.717, 1.165) is 47.5 Å². The van der Waals surface area contributed by atoms with E-state index in [1.807, 2.05) is 19.2 Å². The van der Waals surface area contributed by atoms with Crippen LogP contribution in [-0.2, 0) is 0 Å². The number of aryl methyl sites for hydroxylation is 1. The van der Waals surface area contributed by atoms with Crippen molar-refractivity contribution >= 4 is 35.0 Å². The maximum absolute atomic E-state index is 6.19. The molecule has 0 spiro atoms. The van der Waals surface area contributed by atoms with Crippen molar-refractivity contribution in [2.24, 2.45) is 11.7 Å². The van der Waals surface area contributed by atoms with E-state index in [4.69, 9.17) is 23.1 Å². The van der Waals surface area contributed by atoms with Crippen molar-refractivity contribution < 1.29 is 0 Å². The van der Waals surface area contributed by atoms with E-state index in [1.165, 1.54) is 11.8 Å². The van der Waals surface area contributed by atoms with E-state index in [9.17, 15) is 0 Å². The fourth-order valence-corrected chi connectivity index (χ4v) is 3.63. The van der Waals surface area contributed by atoms with Gasteiger partial charge in [0.2, 0.25) is 0 Å². The van der Waals surface area contributed by atoms with Crippen LogP contribution in [-0.4, -0.2) is 34.6 Å². The van der Waals surface area contributed by atoms with Crippen molar-refractivity contribution in [1.29, 1.82) is 0 Å². The Kier molecular flexibility index (Phi) is 6.26. The zero-order chi connectivity index (χ0) is 16.4. The van der Waals surface area contributed by atoms with Crippen LogP contribution >= 0.6 is 23.4 Å². The molecule has 4 N–H and O–H groups in total. The Bertz CT molecular complexity index is 711. The molecule has 0 unspecified atom stereocenters. The minimum absolute atomic E-state index is 0. The number of anilines is 2. The number of hydrogen-bond acceptors (Lipinski definition) is 7. The van der Waals surface area contributed by atoms with E-state index in [2.05, 4.69) is 19.9 Å². The van der Waals surface area contributed by atoms with Crippen LogP contribution in [0.2, 0.25) is 5.02 Å². The highest BCUT2D eigenvalue weighted by atomic mass is 35.5. The van der Waals surface area contributed by atoms with Crippen molar-refractivity contribution in [2.45, 2.75) is 30.7 Å². The number of halogens is 1. The van der Waals surface area contributed by atoms with Gasteiger partial charge in [0.15, 0.2) is 0 Å². The second-order valence-electron chi connectivity index (χ2n) is 5.57. The molecule has 0 aromatic carbocycles. The van der Waals surface area contributed by atoms with Gasteiger partial charge < -0.3 is 16.4 Å². The maximum atomic E-state index is 6.19. The topological polar surface area (TPSA) is 94.0 Å². The molecule has 0 amide bonds. The molecule has 0 aliphatic carbocycles. The van der Waals surface area contributed by atoms with Crippen LogP contribution in [0.15, 0.2) is 28.4 Å². The molecule has 2 aromatic rings. The Hall–Kier alpha value is -1.57. The number of nitrogens with two attached hydrogens (primary N) is 2. The first-order chi connectivity index (χ1) is 11.1. The monoisotopic (exact) mass is 366 g/mol. The molecule has 8 heteroatoms. The predicted molar refractivity (Wildman–Crippen MR) is 101 cm³/mol. The molecule has 2 aromatic heterocycles. The van der Waals surface area contributed by atoms with Gasteiger partial charge in [0.05, 0.1) is 16.9 Å². The lowest BCUT2D eigenvalue weighted by atomic mass is 10.1. The smallest absolute Gasteiger partial charge is 0.147 e. The van der Waals surface area contributed by atoms with Crippen LogP contribution in [0, 0.1) is 12.8 Å². The van der Waals surface area contributed by atoms with E-state index in [-0.39, 0.29) is 7.43 Å². The van der Waals surface area contributed by atoms with Gasteiger partial charge in [-0.05, 0) is 31.9 Å². The van der Waals surface area contributed by atoms with Crippen LogP contribution in [0.25, 0.3) is 0 Å². The molecular formula is C16H23ClN6S. The lowest BCUT2D eigenvalue weighted by Crippen LogP contribution is -2.23. The highest BCUT2D eigenvalue weighted by Crippen LogP contribution is 2.35. The summed E-state index contributed by atoms with van der Waals surface area (Å²) in [5.74, 6) is 1.77. The number of pyridine rings is 1. The van der Waals surface area contributed by atoms with Gasteiger partial charge in [-0.25, -0.2) is 15.0 Å². The zero-order valence-electron chi connectivity index (χ0n) is 12.9. The third-order valence-electron chi connectivity index (χ3n) is 3.92. The fraction of sp³-hybridized carbons (Fsp3) is 0.438. The van der Waals surface area contributed by atoms with Crippen LogP contribution in [0.1, 0.15) is 19.5 Å². The van der Waals surface area contributed by atoms with Crippen LogP contribution in [0.4, 0.5) is 11.6 Å². The average molecular weight is 367 g/mol. The quantitative estimate of drug-likeness (QED) is 0.858. The summed E-state index contributed by atoms with van der Waals surface area (Å²) in [6, 6.07) is 1.82. The summed E-state index contributed by atoms with van der Waals surface area (Å²) in [4.78, 5) is 16.3. The Morgan fingerprint density at radius 1 is 1.42 bits per heavy atom. The Balaban J connectivity index is 0.00000208. The highest BCUT2D eigenvalue weighted by Gasteiger charge is 2.23. The first kappa shape index (κ1) is 18.8. The molecule has 1 fully saturated rings. The summed E-state index contributed by atoms with van der Waals surface area (Å²) in [5, 5.41) is 1.27. The summed E-state index contributed by atoms with van der Waals surface area (Å²) >= 11 is 7.63. The van der Waals surface area contributed by atoms with E-state index in [0.29, 0.717) is 16.8 Å². The molecule has 24 heavy (non-hydrogen) atoms. The molecule has 6 nitrogen and oxygen atoms in total. The normalized spacial score (nSPS) is 17.0. The third-order valence-corrected chi connectivity index (χ3v) is 5.58. The summed E-state index contributed by atoms with van der Waals surface area (Å²) in [6.45, 7) is 4.60. The number of nitrogens with zero attached hydrogens (tertiary/aromatic N) is 4. The van der Waals surface area contributed by atoms with Crippen molar-refractivity contribution in [3.63, 3.8) is 0 Å². The van der Waals surface area contributed by atoms with Crippen LogP contribution in [0.5, 0.6) is 0 Å². The molecule has 3 rings (SSSR count). The van der Waals surface area contributed by atoms with Gasteiger partial charge in [-0.3, -0.25) is 0 Å². The van der Waals surface area contributed by atoms with Crippen molar-refractivity contribution in [2.75, 3.05) is 30.3 Å². The van der Waals surface area contributed by atoms with Crippen molar-refractivity contribution in [3.05, 3.63) is 29.2 Å². The van der Waals surface area contributed by atoms with Crippen LogP contribution < -0.4 is 16.4 Å². The van der Waals surface area contributed by atoms with Gasteiger partial charge in [0.1, 0.15) is 16.7 Å². The van der Waals surface area contributed by atoms with Crippen molar-refractivity contribution in [3.8, 4) is 0 Å². The molecule has 1 atom stereocenters. The lowest BCUT2D eigenvalue weighted by molar-refractivity contribution is 0.602. The summed E-state index contributed by atoms with van der Waals surface area (Å²) in [6.07, 6.45) is 4.56. The summed E-state index contributed by atoms with van der Waals surface area (Å²) in [5.41, 5.74) is 12.4. The third kappa shape index (κ3) is 3.91. The number of hydrogen-bond donors (Lipinski definition) is 2. The SMILES string of the molecule is C.Cc1nc(N2CC[C@@H](CN)C2)cnc1Sc1ccnc(N)c1Cl. The average Bonchev–Trinajstić information content (AvgIpc) is 3.02. The van der Waals surface area contributed by atoms with Gasteiger partial charge in [-0.15, -0.1) is 0 Å². The molecule has 0 saturated carbocycles. The van der Waals surface area contributed by atoms with Gasteiger partial charge in [-0.2, -0.15) is 0 Å². The Labute approximate surface area is 152 Å². The van der Waals surface area contributed by atoms with Crippen LogP contribution in [0.3, 0.4) is 0 Å². The first-order valence-corrected chi connectivity index (χ1v) is 8.64. The second-order valence-corrected chi connectivity index (χ2v) is 6.97. The Morgan fingerprint density at radius 3 is 2.88 bits per heavy atom. The fourth-order valence-electron chi connectivity index (χ4n) is 2.57. The van der Waals surface area contributed by atoms with E-state index < -0.39 is 0 Å². The molecule has 1 saturated heterocycles. The highest BCUT2D eigenvalue weighted by molar-refractivity contribution is 7.99. The van der Waals surface area contributed by atoms with Gasteiger partial charge in [0, 0.05) is 24.2 Å². The molecular weight excluding hydrogens is 344 g/mol. The Morgan fingerprint density at radius 2 is 2.21 bits per heavy atom. The van der Waals surface area contributed by atoms with Gasteiger partial charge in [-0.1, -0.05) is 30.8 Å². The largest absolute Gasteiger partial charge is 0.382 e. The molecule has 130 valence electrons. The minimum Gasteiger partial charge on any atom is -0.382 e. The van der Waals surface area contributed by atoms with Gasteiger partial charge >= 0.3 is 0 Å². The van der Waals surface area contributed by atoms with E-state index >= 15 is 0 Å². The van der Waals surface area contributed by atoms with Crippen molar-refractivity contribution in [1.82, 2.24) is 15.0 Å². The second kappa shape index (κ2) is 8.00. The molecule has 0 radical (unpaired) electrons. The standard InChI is InChI=1S/C15H19ClN6S.CH4/c1-9-15(23-11-2-4-19-14(18)13(11)16)20-7-12(21-9)22-5-3-10(6-17)8-22;/h2,4,7,10H,3,5-6,8,17H2,1H3,(H2,18,19);1H4/t10-;/m0./s1. The molecule has 1 aliphatic heterocycles. The first-order valence-electron chi connectivity index (χ1n) is 7.45. The summed E-state index contributed by atoms with van der Waals surface area (Å²) in [7, 11) is 0. The number of rotatable bonds is 4. The minimum atomic E-state index is 0. The maximum Gasteiger partial charge on any atom is 0.147 e. The molecule has 0 bridgehead atoms. The zero-order valence-corrected chi connectivity index (χ0v) is 14.4. The van der Waals surface area contributed by atoms with E-state index in [1.54, 1.807) is 6.20 Å². The molecule has 3 heterocycles. The lowest BCUT2D eigenvalue weighted by Gasteiger charge is -2.18.